The van der Waals surface area contributed by atoms with E-state index < -0.39 is 5.91 Å². The molecule has 2 aliphatic carbocycles. The molecule has 2 saturated carbocycles. The van der Waals surface area contributed by atoms with Gasteiger partial charge in [0.2, 0.25) is 5.88 Å². The van der Waals surface area contributed by atoms with Gasteiger partial charge in [-0.1, -0.05) is 15.9 Å². The second-order valence-electron chi connectivity index (χ2n) is 8.98. The van der Waals surface area contributed by atoms with Crippen LogP contribution in [0.15, 0.2) is 53.3 Å². The second kappa shape index (κ2) is 8.30. The maximum atomic E-state index is 12.8. The summed E-state index contributed by atoms with van der Waals surface area (Å²) < 4.78 is 8.68. The molecule has 2 heterocycles. The van der Waals surface area contributed by atoms with Crippen LogP contribution in [0.2, 0.25) is 0 Å². The molecule has 2 aliphatic rings. The molecule has 3 N–H and O–H groups in total. The fourth-order valence-corrected chi connectivity index (χ4v) is 5.24. The highest BCUT2D eigenvalue weighted by atomic mass is 79.9. The van der Waals surface area contributed by atoms with Gasteiger partial charge in [0.1, 0.15) is 11.7 Å². The molecule has 5 rings (SSSR count). The Morgan fingerprint density at radius 2 is 1.88 bits per heavy atom. The first-order valence-corrected chi connectivity index (χ1v) is 11.7. The van der Waals surface area contributed by atoms with Crippen molar-refractivity contribution in [3.8, 4) is 11.6 Å². The number of aromatic nitrogens is 3. The molecule has 0 saturated heterocycles. The molecular formula is C24H24BrN5O3. The van der Waals surface area contributed by atoms with Crippen LogP contribution in [-0.2, 0) is 0 Å². The smallest absolute Gasteiger partial charge is 0.254 e. The largest absolute Gasteiger partial charge is 0.474 e. The standard InChI is InChI=1S/C24H24BrN5O3/c1-14-20(13-28-30(14)17-6-4-15(25)5-7-17)22(32)29-16-9-24(10-16)11-18(12-24)33-23-19(21(26)31)3-2-8-27-23/h2-8,13,16,18H,9-12H2,1H3,(H2,26,31)(H,29,32)/t16-,18-,24?. The Bertz CT molecular complexity index is 1210. The quantitative estimate of drug-likeness (QED) is 0.527. The summed E-state index contributed by atoms with van der Waals surface area (Å²) in [6.07, 6.45) is 6.83. The van der Waals surface area contributed by atoms with E-state index in [0.29, 0.717) is 17.0 Å². The highest BCUT2D eigenvalue weighted by Crippen LogP contribution is 2.56. The molecule has 2 amide bonds. The fraction of sp³-hybridized carbons (Fsp3) is 0.333. The molecule has 0 unspecified atom stereocenters. The molecule has 2 fully saturated rings. The molecule has 33 heavy (non-hydrogen) atoms. The number of nitrogens with zero attached hydrogens (tertiary/aromatic N) is 3. The Hall–Kier alpha value is -3.20. The predicted molar refractivity (Wildman–Crippen MR) is 125 cm³/mol. The number of amides is 2. The molecule has 2 aromatic heterocycles. The van der Waals surface area contributed by atoms with Gasteiger partial charge in [0.25, 0.3) is 11.8 Å². The number of halogens is 1. The van der Waals surface area contributed by atoms with E-state index in [0.717, 1.165) is 41.5 Å². The van der Waals surface area contributed by atoms with Crippen molar-refractivity contribution in [1.29, 1.82) is 0 Å². The zero-order chi connectivity index (χ0) is 23.2. The third-order valence-corrected chi connectivity index (χ3v) is 7.18. The molecule has 8 nitrogen and oxygen atoms in total. The minimum Gasteiger partial charge on any atom is -0.474 e. The number of rotatable bonds is 6. The monoisotopic (exact) mass is 509 g/mol. The topological polar surface area (TPSA) is 112 Å². The summed E-state index contributed by atoms with van der Waals surface area (Å²) >= 11 is 3.43. The first-order valence-electron chi connectivity index (χ1n) is 10.9. The average molecular weight is 510 g/mol. The van der Waals surface area contributed by atoms with Crippen molar-refractivity contribution in [3.63, 3.8) is 0 Å². The van der Waals surface area contributed by atoms with Crippen LogP contribution >= 0.6 is 15.9 Å². The zero-order valence-electron chi connectivity index (χ0n) is 18.1. The van der Waals surface area contributed by atoms with Crippen LogP contribution in [0.1, 0.15) is 52.1 Å². The minimum atomic E-state index is -0.544. The van der Waals surface area contributed by atoms with Gasteiger partial charge in [-0.25, -0.2) is 9.67 Å². The third-order valence-electron chi connectivity index (χ3n) is 6.66. The Labute approximate surface area is 199 Å². The predicted octanol–water partition coefficient (Wildman–Crippen LogP) is 3.56. The third kappa shape index (κ3) is 4.13. The average Bonchev–Trinajstić information content (AvgIpc) is 3.12. The van der Waals surface area contributed by atoms with E-state index in [4.69, 9.17) is 10.5 Å². The minimum absolute atomic E-state index is 0.0148. The number of benzene rings is 1. The van der Waals surface area contributed by atoms with Crippen molar-refractivity contribution in [2.45, 2.75) is 44.8 Å². The molecule has 1 aromatic carbocycles. The fourth-order valence-electron chi connectivity index (χ4n) is 4.98. The summed E-state index contributed by atoms with van der Waals surface area (Å²) in [5.74, 6) is -0.341. The van der Waals surface area contributed by atoms with Crippen LogP contribution in [0.25, 0.3) is 5.69 Å². The lowest BCUT2D eigenvalue weighted by Crippen LogP contribution is -2.58. The van der Waals surface area contributed by atoms with Crippen molar-refractivity contribution in [2.75, 3.05) is 0 Å². The molecule has 1 spiro atoms. The molecule has 3 aromatic rings. The molecule has 0 radical (unpaired) electrons. The zero-order valence-corrected chi connectivity index (χ0v) is 19.7. The van der Waals surface area contributed by atoms with Crippen molar-refractivity contribution in [1.82, 2.24) is 20.1 Å². The number of ether oxygens (including phenoxy) is 1. The molecule has 170 valence electrons. The normalized spacial score (nSPS) is 23.5. The van der Waals surface area contributed by atoms with Crippen molar-refractivity contribution in [3.05, 3.63) is 70.1 Å². The maximum absolute atomic E-state index is 12.8. The van der Waals surface area contributed by atoms with E-state index in [9.17, 15) is 9.59 Å². The number of primary amides is 1. The highest BCUT2D eigenvalue weighted by Gasteiger charge is 2.54. The number of pyridine rings is 1. The number of carbonyl (C=O) groups is 2. The van der Waals surface area contributed by atoms with Gasteiger partial charge in [-0.3, -0.25) is 9.59 Å². The first kappa shape index (κ1) is 21.6. The number of nitrogens with one attached hydrogen (secondary N) is 1. The Kier molecular flexibility index (Phi) is 5.44. The lowest BCUT2D eigenvalue weighted by atomic mass is 9.53. The lowest BCUT2D eigenvalue weighted by molar-refractivity contribution is -0.0848. The Balaban J connectivity index is 1.14. The Morgan fingerprint density at radius 3 is 2.58 bits per heavy atom. The maximum Gasteiger partial charge on any atom is 0.254 e. The second-order valence-corrected chi connectivity index (χ2v) is 9.89. The van der Waals surface area contributed by atoms with Gasteiger partial charge in [0.05, 0.1) is 23.1 Å². The van der Waals surface area contributed by atoms with Crippen molar-refractivity contribution in [2.24, 2.45) is 11.1 Å². The van der Waals surface area contributed by atoms with E-state index in [1.54, 1.807) is 29.2 Å². The van der Waals surface area contributed by atoms with Crippen molar-refractivity contribution < 1.29 is 14.3 Å². The van der Waals surface area contributed by atoms with Crippen LogP contribution in [0, 0.1) is 12.3 Å². The SMILES string of the molecule is Cc1c(C(=O)N[C@H]2CC3(C2)C[C@H](Oc2ncccc2C(N)=O)C3)cnn1-c1ccc(Br)cc1. The molecular weight excluding hydrogens is 486 g/mol. The van der Waals surface area contributed by atoms with E-state index in [1.807, 2.05) is 31.2 Å². The summed E-state index contributed by atoms with van der Waals surface area (Å²) in [6, 6.07) is 11.2. The highest BCUT2D eigenvalue weighted by molar-refractivity contribution is 9.10. The van der Waals surface area contributed by atoms with Gasteiger partial charge in [-0.15, -0.1) is 0 Å². The molecule has 0 atom stereocenters. The van der Waals surface area contributed by atoms with Crippen LogP contribution < -0.4 is 15.8 Å². The molecule has 0 bridgehead atoms. The van der Waals surface area contributed by atoms with E-state index >= 15 is 0 Å². The number of hydrogen-bond acceptors (Lipinski definition) is 5. The summed E-state index contributed by atoms with van der Waals surface area (Å²) in [6.45, 7) is 1.90. The van der Waals surface area contributed by atoms with E-state index in [1.165, 1.54) is 0 Å². The summed E-state index contributed by atoms with van der Waals surface area (Å²) in [5, 5.41) is 7.54. The van der Waals surface area contributed by atoms with Crippen LogP contribution in [-0.4, -0.2) is 38.7 Å². The number of hydrogen-bond donors (Lipinski definition) is 2. The lowest BCUT2D eigenvalue weighted by Gasteiger charge is -2.57. The van der Waals surface area contributed by atoms with Gasteiger partial charge in [-0.05, 0) is 74.4 Å². The summed E-state index contributed by atoms with van der Waals surface area (Å²) in [5.41, 5.74) is 8.20. The summed E-state index contributed by atoms with van der Waals surface area (Å²) in [4.78, 5) is 28.5. The van der Waals surface area contributed by atoms with Crippen LogP contribution in [0.5, 0.6) is 5.88 Å². The first-order chi connectivity index (χ1) is 15.8. The number of nitrogens with two attached hydrogens (primary N) is 1. The van der Waals surface area contributed by atoms with E-state index in [-0.39, 0.29) is 23.5 Å². The molecule has 9 heteroatoms. The van der Waals surface area contributed by atoms with Crippen LogP contribution in [0.4, 0.5) is 0 Å². The van der Waals surface area contributed by atoms with E-state index in [2.05, 4.69) is 31.3 Å². The number of carbonyl (C=O) groups excluding carboxylic acids is 2. The molecule has 0 aliphatic heterocycles. The van der Waals surface area contributed by atoms with Gasteiger partial charge < -0.3 is 15.8 Å². The Morgan fingerprint density at radius 1 is 1.15 bits per heavy atom. The van der Waals surface area contributed by atoms with Crippen molar-refractivity contribution >= 4 is 27.7 Å². The van der Waals surface area contributed by atoms with Gasteiger partial charge in [0, 0.05) is 16.7 Å². The van der Waals surface area contributed by atoms with Gasteiger partial charge >= 0.3 is 0 Å². The van der Waals surface area contributed by atoms with Gasteiger partial charge in [0.15, 0.2) is 0 Å². The van der Waals surface area contributed by atoms with Crippen LogP contribution in [0.3, 0.4) is 0 Å². The van der Waals surface area contributed by atoms with Gasteiger partial charge in [-0.2, -0.15) is 5.10 Å². The summed E-state index contributed by atoms with van der Waals surface area (Å²) in [7, 11) is 0.